The predicted molar refractivity (Wildman–Crippen MR) is 111 cm³/mol. The summed E-state index contributed by atoms with van der Waals surface area (Å²) in [4.78, 5) is 28.3. The fourth-order valence-electron chi connectivity index (χ4n) is 2.79. The van der Waals surface area contributed by atoms with Gasteiger partial charge < -0.3 is 20.1 Å². The van der Waals surface area contributed by atoms with Gasteiger partial charge in [-0.05, 0) is 24.3 Å². The molecule has 3 rings (SSSR count). The second kappa shape index (κ2) is 8.88. The summed E-state index contributed by atoms with van der Waals surface area (Å²) < 4.78 is 10.4. The number of amides is 2. The summed E-state index contributed by atoms with van der Waals surface area (Å²) in [5.41, 5.74) is 3.07. The number of methoxy groups -OCH3 is 2. The summed E-state index contributed by atoms with van der Waals surface area (Å²) in [6, 6.07) is 15.7. The maximum Gasteiger partial charge on any atom is 0.255 e. The van der Waals surface area contributed by atoms with Crippen molar-refractivity contribution >= 4 is 23.2 Å². The molecule has 148 valence electrons. The van der Waals surface area contributed by atoms with Crippen LogP contribution in [0.2, 0.25) is 0 Å². The van der Waals surface area contributed by atoms with Gasteiger partial charge in [-0.2, -0.15) is 0 Å². The van der Waals surface area contributed by atoms with E-state index in [2.05, 4.69) is 15.6 Å². The van der Waals surface area contributed by atoms with E-state index >= 15 is 0 Å². The van der Waals surface area contributed by atoms with E-state index in [1.54, 1.807) is 75.0 Å². The molecule has 0 aliphatic heterocycles. The highest BCUT2D eigenvalue weighted by molar-refractivity contribution is 6.04. The van der Waals surface area contributed by atoms with Crippen LogP contribution in [-0.4, -0.2) is 31.0 Å². The van der Waals surface area contributed by atoms with Crippen molar-refractivity contribution in [3.63, 3.8) is 0 Å². The number of carbonyl (C=O) groups excluding carboxylic acids is 2. The normalized spacial score (nSPS) is 10.2. The van der Waals surface area contributed by atoms with E-state index in [-0.39, 0.29) is 11.8 Å². The molecule has 1 heterocycles. The third kappa shape index (κ3) is 4.90. The van der Waals surface area contributed by atoms with Crippen LogP contribution >= 0.6 is 0 Å². The van der Waals surface area contributed by atoms with Crippen molar-refractivity contribution in [3.8, 4) is 22.8 Å². The lowest BCUT2D eigenvalue weighted by atomic mass is 10.1. The SMILES string of the molecule is COc1cc(NC(=O)c2ccc(-c3ncccc3NC(C)=O)cc2)cc(OC)c1. The molecule has 29 heavy (non-hydrogen) atoms. The van der Waals surface area contributed by atoms with Crippen LogP contribution in [0.1, 0.15) is 17.3 Å². The summed E-state index contributed by atoms with van der Waals surface area (Å²) in [6.45, 7) is 1.44. The van der Waals surface area contributed by atoms with Gasteiger partial charge in [-0.25, -0.2) is 0 Å². The molecule has 0 bridgehead atoms. The van der Waals surface area contributed by atoms with E-state index in [1.807, 2.05) is 0 Å². The number of hydrogen-bond donors (Lipinski definition) is 2. The summed E-state index contributed by atoms with van der Waals surface area (Å²) in [5.74, 6) is 0.713. The van der Waals surface area contributed by atoms with Crippen LogP contribution in [0.5, 0.6) is 11.5 Å². The molecular weight excluding hydrogens is 370 g/mol. The maximum atomic E-state index is 12.6. The molecule has 1 aromatic heterocycles. The molecule has 0 unspecified atom stereocenters. The number of hydrogen-bond acceptors (Lipinski definition) is 5. The Morgan fingerprint density at radius 3 is 2.14 bits per heavy atom. The second-order valence-corrected chi connectivity index (χ2v) is 6.21. The lowest BCUT2D eigenvalue weighted by Gasteiger charge is -2.11. The zero-order chi connectivity index (χ0) is 20.8. The molecule has 7 heteroatoms. The van der Waals surface area contributed by atoms with E-state index < -0.39 is 0 Å². The number of carbonyl (C=O) groups is 2. The van der Waals surface area contributed by atoms with Crippen LogP contribution in [0.3, 0.4) is 0 Å². The smallest absolute Gasteiger partial charge is 0.255 e. The highest BCUT2D eigenvalue weighted by Crippen LogP contribution is 2.27. The monoisotopic (exact) mass is 391 g/mol. The molecule has 0 saturated heterocycles. The first-order valence-corrected chi connectivity index (χ1v) is 8.87. The van der Waals surface area contributed by atoms with E-state index in [9.17, 15) is 9.59 Å². The third-order valence-corrected chi connectivity index (χ3v) is 4.15. The number of nitrogens with zero attached hydrogens (tertiary/aromatic N) is 1. The minimum Gasteiger partial charge on any atom is -0.497 e. The summed E-state index contributed by atoms with van der Waals surface area (Å²) in [5, 5.41) is 5.59. The molecule has 0 aliphatic carbocycles. The first kappa shape index (κ1) is 19.9. The zero-order valence-electron chi connectivity index (χ0n) is 16.4. The van der Waals surface area contributed by atoms with Crippen molar-refractivity contribution in [2.24, 2.45) is 0 Å². The average molecular weight is 391 g/mol. The Hall–Kier alpha value is -3.87. The molecule has 0 atom stereocenters. The number of anilines is 2. The van der Waals surface area contributed by atoms with Gasteiger partial charge in [-0.3, -0.25) is 14.6 Å². The van der Waals surface area contributed by atoms with Crippen molar-refractivity contribution in [3.05, 3.63) is 66.4 Å². The van der Waals surface area contributed by atoms with Gasteiger partial charge in [0, 0.05) is 48.1 Å². The standard InChI is InChI=1S/C22H21N3O4/c1-14(26)24-20-5-4-10-23-21(20)15-6-8-16(9-7-15)22(27)25-17-11-18(28-2)13-19(12-17)29-3/h4-13H,1-3H3,(H,24,26)(H,25,27). The number of ether oxygens (including phenoxy) is 2. The number of pyridine rings is 1. The Labute approximate surface area is 168 Å². The molecule has 2 aromatic carbocycles. The maximum absolute atomic E-state index is 12.6. The minimum atomic E-state index is -0.269. The lowest BCUT2D eigenvalue weighted by molar-refractivity contribution is -0.114. The first-order chi connectivity index (χ1) is 14.0. The Balaban J connectivity index is 1.81. The molecule has 0 fully saturated rings. The third-order valence-electron chi connectivity index (χ3n) is 4.15. The van der Waals surface area contributed by atoms with Crippen LogP contribution in [0.15, 0.2) is 60.8 Å². The summed E-state index contributed by atoms with van der Waals surface area (Å²) in [6.07, 6.45) is 1.65. The fourth-order valence-corrected chi connectivity index (χ4v) is 2.79. The van der Waals surface area contributed by atoms with E-state index in [1.165, 1.54) is 6.92 Å². The topological polar surface area (TPSA) is 89.5 Å². The second-order valence-electron chi connectivity index (χ2n) is 6.21. The summed E-state index contributed by atoms with van der Waals surface area (Å²) >= 11 is 0. The van der Waals surface area contributed by atoms with Gasteiger partial charge in [0.15, 0.2) is 0 Å². The van der Waals surface area contributed by atoms with Crippen LogP contribution in [0.4, 0.5) is 11.4 Å². The van der Waals surface area contributed by atoms with Gasteiger partial charge in [0.25, 0.3) is 5.91 Å². The first-order valence-electron chi connectivity index (χ1n) is 8.87. The number of nitrogens with one attached hydrogen (secondary N) is 2. The largest absolute Gasteiger partial charge is 0.497 e. The van der Waals surface area contributed by atoms with E-state index in [0.29, 0.717) is 34.1 Å². The van der Waals surface area contributed by atoms with Crippen LogP contribution < -0.4 is 20.1 Å². The molecule has 7 nitrogen and oxygen atoms in total. The van der Waals surface area contributed by atoms with Gasteiger partial charge in [-0.15, -0.1) is 0 Å². The highest BCUT2D eigenvalue weighted by Gasteiger charge is 2.11. The molecule has 0 spiro atoms. The van der Waals surface area contributed by atoms with Crippen LogP contribution in [0.25, 0.3) is 11.3 Å². The van der Waals surface area contributed by atoms with E-state index in [0.717, 1.165) is 5.56 Å². The Bertz CT molecular complexity index is 1010. The molecular formula is C22H21N3O4. The van der Waals surface area contributed by atoms with Crippen LogP contribution in [0, 0.1) is 0 Å². The quantitative estimate of drug-likeness (QED) is 0.663. The lowest BCUT2D eigenvalue weighted by Crippen LogP contribution is -2.12. The van der Waals surface area contributed by atoms with Gasteiger partial charge in [0.05, 0.1) is 25.6 Å². The molecule has 0 radical (unpaired) electrons. The van der Waals surface area contributed by atoms with Crippen molar-refractivity contribution in [2.45, 2.75) is 6.92 Å². The van der Waals surface area contributed by atoms with Crippen molar-refractivity contribution in [2.75, 3.05) is 24.9 Å². The van der Waals surface area contributed by atoms with E-state index in [4.69, 9.17) is 9.47 Å². The molecule has 0 aliphatic rings. The fraction of sp³-hybridized carbons (Fsp3) is 0.136. The predicted octanol–water partition coefficient (Wildman–Crippen LogP) is 3.98. The molecule has 2 N–H and O–H groups in total. The average Bonchev–Trinajstić information content (AvgIpc) is 2.73. The van der Waals surface area contributed by atoms with Crippen molar-refractivity contribution < 1.29 is 19.1 Å². The Morgan fingerprint density at radius 1 is 0.897 bits per heavy atom. The Kier molecular flexibility index (Phi) is 6.09. The minimum absolute atomic E-state index is 0.177. The van der Waals surface area contributed by atoms with Gasteiger partial charge in [-0.1, -0.05) is 12.1 Å². The molecule has 0 saturated carbocycles. The van der Waals surface area contributed by atoms with Gasteiger partial charge >= 0.3 is 0 Å². The highest BCUT2D eigenvalue weighted by atomic mass is 16.5. The number of benzene rings is 2. The van der Waals surface area contributed by atoms with Crippen molar-refractivity contribution in [1.29, 1.82) is 0 Å². The number of aromatic nitrogens is 1. The number of rotatable bonds is 6. The van der Waals surface area contributed by atoms with Crippen LogP contribution in [-0.2, 0) is 4.79 Å². The zero-order valence-corrected chi connectivity index (χ0v) is 16.4. The summed E-state index contributed by atoms with van der Waals surface area (Å²) in [7, 11) is 3.10. The van der Waals surface area contributed by atoms with Gasteiger partial charge in [0.1, 0.15) is 11.5 Å². The van der Waals surface area contributed by atoms with Gasteiger partial charge in [0.2, 0.25) is 5.91 Å². The van der Waals surface area contributed by atoms with Crippen molar-refractivity contribution in [1.82, 2.24) is 4.98 Å². The molecule has 2 amide bonds. The Morgan fingerprint density at radius 2 is 1.55 bits per heavy atom. The molecule has 3 aromatic rings.